The number of hydrogen-bond acceptors (Lipinski definition) is 5. The SMILES string of the molecule is CNC(=N)/C(=C\NCc1cccnc1)C(=N)Nc1ccc(OC(F)(F)F)cc1. The van der Waals surface area contributed by atoms with Gasteiger partial charge in [-0.25, -0.2) is 0 Å². The number of rotatable bonds is 7. The van der Waals surface area contributed by atoms with Crippen molar-refractivity contribution in [3.63, 3.8) is 0 Å². The van der Waals surface area contributed by atoms with E-state index in [4.69, 9.17) is 10.8 Å². The molecule has 5 N–H and O–H groups in total. The highest BCUT2D eigenvalue weighted by molar-refractivity contribution is 6.24. The van der Waals surface area contributed by atoms with Crippen LogP contribution in [0.2, 0.25) is 0 Å². The van der Waals surface area contributed by atoms with Crippen molar-refractivity contribution in [1.29, 1.82) is 10.8 Å². The van der Waals surface area contributed by atoms with Crippen LogP contribution in [0.1, 0.15) is 5.56 Å². The Bertz CT molecular complexity index is 835. The molecule has 2 rings (SSSR count). The molecular weight excluding hydrogens is 373 g/mol. The Kier molecular flexibility index (Phi) is 6.96. The first-order valence-electron chi connectivity index (χ1n) is 8.09. The molecule has 0 fully saturated rings. The number of halogens is 3. The number of aromatic nitrogens is 1. The molecule has 0 aliphatic carbocycles. The Labute approximate surface area is 159 Å². The quantitative estimate of drug-likeness (QED) is 0.367. The van der Waals surface area contributed by atoms with Gasteiger partial charge in [0.25, 0.3) is 0 Å². The fraction of sp³-hybridized carbons (Fsp3) is 0.167. The molecule has 0 aliphatic heterocycles. The summed E-state index contributed by atoms with van der Waals surface area (Å²) in [6, 6.07) is 8.64. The fourth-order valence-corrected chi connectivity index (χ4v) is 2.13. The molecule has 0 aliphatic rings. The third-order valence-electron chi connectivity index (χ3n) is 3.42. The molecule has 0 unspecified atom stereocenters. The summed E-state index contributed by atoms with van der Waals surface area (Å²) in [5, 5.41) is 24.5. The Hall–Kier alpha value is -3.56. The minimum absolute atomic E-state index is 0.00629. The maximum Gasteiger partial charge on any atom is 0.573 e. The molecule has 0 radical (unpaired) electrons. The number of benzene rings is 1. The average molecular weight is 392 g/mol. The second-order valence-electron chi connectivity index (χ2n) is 5.50. The molecule has 148 valence electrons. The van der Waals surface area contributed by atoms with Crippen LogP contribution >= 0.6 is 0 Å². The highest BCUT2D eigenvalue weighted by Gasteiger charge is 2.30. The zero-order chi connectivity index (χ0) is 20.6. The maximum absolute atomic E-state index is 12.2. The molecule has 1 heterocycles. The summed E-state index contributed by atoms with van der Waals surface area (Å²) in [5.41, 5.74) is 1.54. The summed E-state index contributed by atoms with van der Waals surface area (Å²) in [6.07, 6.45) is 0.0891. The topological polar surface area (TPSA) is 106 Å². The lowest BCUT2D eigenvalue weighted by Gasteiger charge is -2.14. The van der Waals surface area contributed by atoms with Crippen molar-refractivity contribution in [2.45, 2.75) is 12.9 Å². The molecule has 1 aromatic heterocycles. The van der Waals surface area contributed by atoms with Gasteiger partial charge in [0.15, 0.2) is 0 Å². The molecule has 0 amide bonds. The lowest BCUT2D eigenvalue weighted by atomic mass is 10.2. The smallest absolute Gasteiger partial charge is 0.406 e. The number of amidine groups is 2. The number of nitrogens with zero attached hydrogens (tertiary/aromatic N) is 1. The summed E-state index contributed by atoms with van der Waals surface area (Å²) in [6.45, 7) is 0.449. The molecular formula is C18H19F3N6O. The first-order valence-corrected chi connectivity index (χ1v) is 8.09. The van der Waals surface area contributed by atoms with E-state index in [1.807, 2.05) is 6.07 Å². The summed E-state index contributed by atoms with van der Waals surface area (Å²) >= 11 is 0. The molecule has 2 aromatic rings. The molecule has 0 saturated carbocycles. The van der Waals surface area contributed by atoms with E-state index in [9.17, 15) is 13.2 Å². The molecule has 1 aromatic carbocycles. The van der Waals surface area contributed by atoms with Crippen molar-refractivity contribution in [1.82, 2.24) is 15.6 Å². The van der Waals surface area contributed by atoms with Crippen LogP contribution in [0.4, 0.5) is 18.9 Å². The van der Waals surface area contributed by atoms with Gasteiger partial charge in [-0.2, -0.15) is 0 Å². The minimum Gasteiger partial charge on any atom is -0.406 e. The average Bonchev–Trinajstić information content (AvgIpc) is 2.66. The largest absolute Gasteiger partial charge is 0.573 e. The van der Waals surface area contributed by atoms with Crippen LogP contribution in [-0.2, 0) is 6.54 Å². The van der Waals surface area contributed by atoms with E-state index in [-0.39, 0.29) is 23.0 Å². The molecule has 0 bridgehead atoms. The van der Waals surface area contributed by atoms with E-state index >= 15 is 0 Å². The van der Waals surface area contributed by atoms with Crippen molar-refractivity contribution in [3.05, 3.63) is 66.1 Å². The summed E-state index contributed by atoms with van der Waals surface area (Å²) in [4.78, 5) is 4.00. The molecule has 0 atom stereocenters. The van der Waals surface area contributed by atoms with Gasteiger partial charge in [-0.3, -0.25) is 15.8 Å². The normalized spacial score (nSPS) is 11.5. The predicted octanol–water partition coefficient (Wildman–Crippen LogP) is 3.24. The molecule has 7 nitrogen and oxygen atoms in total. The number of nitrogens with one attached hydrogen (secondary N) is 5. The number of anilines is 1. The first kappa shape index (κ1) is 20.7. The monoisotopic (exact) mass is 392 g/mol. The van der Waals surface area contributed by atoms with Crippen LogP contribution < -0.4 is 20.7 Å². The van der Waals surface area contributed by atoms with Crippen molar-refractivity contribution >= 4 is 17.4 Å². The Balaban J connectivity index is 2.04. The van der Waals surface area contributed by atoms with Crippen LogP contribution in [0.25, 0.3) is 0 Å². The Morgan fingerprint density at radius 1 is 1.14 bits per heavy atom. The van der Waals surface area contributed by atoms with Gasteiger partial charge in [0.05, 0.1) is 5.57 Å². The second kappa shape index (κ2) is 9.40. The maximum atomic E-state index is 12.2. The fourth-order valence-electron chi connectivity index (χ4n) is 2.13. The summed E-state index contributed by atoms with van der Waals surface area (Å²) < 4.78 is 40.4. The van der Waals surface area contributed by atoms with Gasteiger partial charge >= 0.3 is 6.36 Å². The first-order chi connectivity index (χ1) is 13.3. The number of likely N-dealkylation sites (N-methyl/N-ethyl adjacent to an activating group) is 1. The van der Waals surface area contributed by atoms with E-state index in [0.717, 1.165) is 17.7 Å². The van der Waals surface area contributed by atoms with Crippen molar-refractivity contribution in [3.8, 4) is 5.75 Å². The van der Waals surface area contributed by atoms with Gasteiger partial charge in [-0.15, -0.1) is 13.2 Å². The third kappa shape index (κ3) is 6.63. The van der Waals surface area contributed by atoms with Gasteiger partial charge in [-0.1, -0.05) is 6.07 Å². The van der Waals surface area contributed by atoms with Crippen molar-refractivity contribution in [2.75, 3.05) is 12.4 Å². The van der Waals surface area contributed by atoms with Crippen molar-refractivity contribution in [2.24, 2.45) is 0 Å². The second-order valence-corrected chi connectivity index (χ2v) is 5.50. The van der Waals surface area contributed by atoms with Gasteiger partial charge < -0.3 is 20.7 Å². The lowest BCUT2D eigenvalue weighted by molar-refractivity contribution is -0.274. The number of pyridine rings is 1. The third-order valence-corrected chi connectivity index (χ3v) is 3.42. The number of hydrogen-bond donors (Lipinski definition) is 5. The van der Waals surface area contributed by atoms with E-state index in [1.54, 1.807) is 25.5 Å². The van der Waals surface area contributed by atoms with Crippen molar-refractivity contribution < 1.29 is 17.9 Å². The summed E-state index contributed by atoms with van der Waals surface area (Å²) in [7, 11) is 1.55. The zero-order valence-electron chi connectivity index (χ0n) is 14.9. The molecule has 28 heavy (non-hydrogen) atoms. The Morgan fingerprint density at radius 2 is 1.86 bits per heavy atom. The highest BCUT2D eigenvalue weighted by Crippen LogP contribution is 2.24. The van der Waals surface area contributed by atoms with Gasteiger partial charge in [-0.05, 0) is 35.9 Å². The van der Waals surface area contributed by atoms with Crippen LogP contribution in [-0.4, -0.2) is 30.1 Å². The minimum atomic E-state index is -4.76. The van der Waals surface area contributed by atoms with E-state index < -0.39 is 6.36 Å². The van der Waals surface area contributed by atoms with Gasteiger partial charge in [0.1, 0.15) is 17.4 Å². The van der Waals surface area contributed by atoms with Crippen LogP contribution in [0.3, 0.4) is 0 Å². The molecule has 10 heteroatoms. The van der Waals surface area contributed by atoms with Gasteiger partial charge in [0.2, 0.25) is 0 Å². The Morgan fingerprint density at radius 3 is 2.43 bits per heavy atom. The van der Waals surface area contributed by atoms with Gasteiger partial charge in [0, 0.05) is 37.9 Å². The number of alkyl halides is 3. The predicted molar refractivity (Wildman–Crippen MR) is 100 cm³/mol. The van der Waals surface area contributed by atoms with E-state index in [0.29, 0.717) is 12.2 Å². The van der Waals surface area contributed by atoms with Crippen LogP contribution in [0.5, 0.6) is 5.75 Å². The van der Waals surface area contributed by atoms with E-state index in [2.05, 4.69) is 25.7 Å². The lowest BCUT2D eigenvalue weighted by Crippen LogP contribution is -2.29. The summed E-state index contributed by atoms with van der Waals surface area (Å²) in [5.74, 6) is -0.475. The van der Waals surface area contributed by atoms with E-state index in [1.165, 1.54) is 18.3 Å². The highest BCUT2D eigenvalue weighted by atomic mass is 19.4. The number of ether oxygens (including phenoxy) is 1. The van der Waals surface area contributed by atoms with Crippen LogP contribution in [0, 0.1) is 10.8 Å². The molecule has 0 spiro atoms. The standard InChI is InChI=1S/C18H19F3N6O/c1-24-16(22)15(11-26-10-12-3-2-8-25-9-12)17(23)27-13-4-6-14(7-5-13)28-18(19,20)21/h2-9,11,26H,10H2,1H3,(H2,22,24)(H2,23,27)/b15-11+. The van der Waals surface area contributed by atoms with Crippen LogP contribution in [0.15, 0.2) is 60.6 Å². The zero-order valence-corrected chi connectivity index (χ0v) is 14.9. The molecule has 0 saturated heterocycles.